The van der Waals surface area contributed by atoms with Gasteiger partial charge in [0, 0.05) is 9.37 Å². The van der Waals surface area contributed by atoms with Crippen molar-refractivity contribution in [3.05, 3.63) is 64.6 Å². The molecular weight excluding hydrogens is 342 g/mol. The maximum atomic E-state index is 3.49. The Hall–Kier alpha value is -0.770. The Bertz CT molecular complexity index is 513. The average molecular weight is 364 g/mol. The highest BCUT2D eigenvalue weighted by molar-refractivity contribution is 9.10. The number of rotatable bonds is 8. The second-order valence-electron chi connectivity index (χ2n) is 5.20. The van der Waals surface area contributed by atoms with Gasteiger partial charge in [-0.05, 0) is 67.9 Å². The van der Waals surface area contributed by atoms with Gasteiger partial charge in [0.1, 0.15) is 0 Å². The highest BCUT2D eigenvalue weighted by atomic mass is 79.9. The molecule has 0 bridgehead atoms. The maximum absolute atomic E-state index is 3.49. The topological polar surface area (TPSA) is 12.0 Å². The quantitative estimate of drug-likeness (QED) is 0.661. The Kier molecular flexibility index (Phi) is 7.34. The molecule has 0 aliphatic heterocycles. The first-order valence-electron chi connectivity index (χ1n) is 7.35. The molecule has 2 aromatic rings. The highest BCUT2D eigenvalue weighted by Crippen LogP contribution is 2.22. The summed E-state index contributed by atoms with van der Waals surface area (Å²) in [6, 6.07) is 19.4. The Morgan fingerprint density at radius 2 is 1.76 bits per heavy atom. The maximum Gasteiger partial charge on any atom is 0.0175 e. The minimum atomic E-state index is 0.687. The molecule has 0 spiro atoms. The number of thioether (sulfide) groups is 1. The van der Waals surface area contributed by atoms with Gasteiger partial charge in [-0.3, -0.25) is 0 Å². The SMILES string of the molecule is CNCC(CCSc1ccccc1)Cc1ccc(Br)cc1. The number of halogens is 1. The largest absolute Gasteiger partial charge is 0.319 e. The lowest BCUT2D eigenvalue weighted by atomic mass is 9.97. The molecule has 0 aliphatic rings. The molecule has 1 unspecified atom stereocenters. The molecule has 0 heterocycles. The van der Waals surface area contributed by atoms with Crippen molar-refractivity contribution in [2.75, 3.05) is 19.3 Å². The van der Waals surface area contributed by atoms with Crippen LogP contribution in [0.1, 0.15) is 12.0 Å². The van der Waals surface area contributed by atoms with Crippen molar-refractivity contribution < 1.29 is 0 Å². The first kappa shape index (κ1) is 16.6. The normalized spacial score (nSPS) is 12.3. The van der Waals surface area contributed by atoms with Gasteiger partial charge in [0.2, 0.25) is 0 Å². The van der Waals surface area contributed by atoms with Crippen LogP contribution in [0.15, 0.2) is 64.0 Å². The smallest absolute Gasteiger partial charge is 0.0175 e. The molecule has 0 aliphatic carbocycles. The molecule has 1 atom stereocenters. The average Bonchev–Trinajstić information content (AvgIpc) is 2.51. The standard InChI is InChI=1S/C18H22BrNS/c1-20-14-16(13-15-7-9-17(19)10-8-15)11-12-21-18-5-3-2-4-6-18/h2-10,16,20H,11-14H2,1H3. The summed E-state index contributed by atoms with van der Waals surface area (Å²) in [6.45, 7) is 1.07. The second kappa shape index (κ2) is 9.29. The fourth-order valence-electron chi connectivity index (χ4n) is 2.38. The molecule has 2 aromatic carbocycles. The first-order chi connectivity index (χ1) is 10.3. The van der Waals surface area contributed by atoms with Crippen LogP contribution in [0.25, 0.3) is 0 Å². The van der Waals surface area contributed by atoms with Crippen molar-refractivity contribution in [1.82, 2.24) is 5.32 Å². The van der Waals surface area contributed by atoms with Gasteiger partial charge in [-0.1, -0.05) is 46.3 Å². The fourth-order valence-corrected chi connectivity index (χ4v) is 3.68. The molecule has 1 nitrogen and oxygen atoms in total. The number of hydrogen-bond acceptors (Lipinski definition) is 2. The van der Waals surface area contributed by atoms with E-state index < -0.39 is 0 Å². The molecule has 0 amide bonds. The molecule has 112 valence electrons. The minimum absolute atomic E-state index is 0.687. The van der Waals surface area contributed by atoms with Crippen LogP contribution in [0, 0.1) is 5.92 Å². The summed E-state index contributed by atoms with van der Waals surface area (Å²) in [5, 5.41) is 3.33. The van der Waals surface area contributed by atoms with E-state index in [4.69, 9.17) is 0 Å². The predicted molar refractivity (Wildman–Crippen MR) is 97.0 cm³/mol. The van der Waals surface area contributed by atoms with Gasteiger partial charge in [0.15, 0.2) is 0 Å². The van der Waals surface area contributed by atoms with E-state index in [9.17, 15) is 0 Å². The third kappa shape index (κ3) is 6.25. The first-order valence-corrected chi connectivity index (χ1v) is 9.12. The fraction of sp³-hybridized carbons (Fsp3) is 0.333. The lowest BCUT2D eigenvalue weighted by Gasteiger charge is -2.16. The van der Waals surface area contributed by atoms with Gasteiger partial charge in [-0.15, -0.1) is 11.8 Å². The van der Waals surface area contributed by atoms with Gasteiger partial charge in [0.25, 0.3) is 0 Å². The van der Waals surface area contributed by atoms with E-state index in [0.717, 1.165) is 17.4 Å². The molecule has 0 radical (unpaired) electrons. The van der Waals surface area contributed by atoms with Crippen molar-refractivity contribution in [2.45, 2.75) is 17.7 Å². The Balaban J connectivity index is 1.82. The molecule has 0 saturated carbocycles. The molecule has 2 rings (SSSR count). The van der Waals surface area contributed by atoms with Crippen molar-refractivity contribution in [1.29, 1.82) is 0 Å². The van der Waals surface area contributed by atoms with Crippen LogP contribution in [-0.2, 0) is 6.42 Å². The Morgan fingerprint density at radius 3 is 2.43 bits per heavy atom. The molecule has 0 aromatic heterocycles. The molecule has 3 heteroatoms. The molecule has 21 heavy (non-hydrogen) atoms. The van der Waals surface area contributed by atoms with Crippen molar-refractivity contribution in [2.24, 2.45) is 5.92 Å². The predicted octanol–water partition coefficient (Wildman–Crippen LogP) is 5.01. The van der Waals surface area contributed by atoms with E-state index >= 15 is 0 Å². The van der Waals surface area contributed by atoms with Crippen LogP contribution in [0.5, 0.6) is 0 Å². The van der Waals surface area contributed by atoms with E-state index in [0.29, 0.717) is 5.92 Å². The van der Waals surface area contributed by atoms with Crippen molar-refractivity contribution in [3.63, 3.8) is 0 Å². The van der Waals surface area contributed by atoms with Gasteiger partial charge in [-0.2, -0.15) is 0 Å². The summed E-state index contributed by atoms with van der Waals surface area (Å²) >= 11 is 5.45. The molecule has 0 fully saturated rings. The number of hydrogen-bond donors (Lipinski definition) is 1. The lowest BCUT2D eigenvalue weighted by Crippen LogP contribution is -2.21. The summed E-state index contributed by atoms with van der Waals surface area (Å²) in [5.41, 5.74) is 1.42. The van der Waals surface area contributed by atoms with Crippen molar-refractivity contribution >= 4 is 27.7 Å². The van der Waals surface area contributed by atoms with Crippen LogP contribution < -0.4 is 5.32 Å². The zero-order valence-electron chi connectivity index (χ0n) is 12.4. The van der Waals surface area contributed by atoms with Crippen LogP contribution in [0.2, 0.25) is 0 Å². The number of benzene rings is 2. The molecule has 1 N–H and O–H groups in total. The van der Waals surface area contributed by atoms with Gasteiger partial charge in [-0.25, -0.2) is 0 Å². The summed E-state index contributed by atoms with van der Waals surface area (Å²) in [5.74, 6) is 1.86. The Morgan fingerprint density at radius 1 is 1.05 bits per heavy atom. The lowest BCUT2D eigenvalue weighted by molar-refractivity contribution is 0.484. The summed E-state index contributed by atoms with van der Waals surface area (Å²) in [6.07, 6.45) is 2.37. The zero-order valence-corrected chi connectivity index (χ0v) is 14.8. The van der Waals surface area contributed by atoms with Gasteiger partial charge in [0.05, 0.1) is 0 Å². The van der Waals surface area contributed by atoms with Crippen LogP contribution in [-0.4, -0.2) is 19.3 Å². The van der Waals surface area contributed by atoms with Gasteiger partial charge < -0.3 is 5.32 Å². The third-order valence-electron chi connectivity index (χ3n) is 3.47. The Labute approximate surface area is 140 Å². The van der Waals surface area contributed by atoms with Crippen LogP contribution in [0.4, 0.5) is 0 Å². The summed E-state index contributed by atoms with van der Waals surface area (Å²) in [7, 11) is 2.04. The van der Waals surface area contributed by atoms with Crippen LogP contribution >= 0.6 is 27.7 Å². The van der Waals surface area contributed by atoms with E-state index in [1.54, 1.807) is 0 Å². The number of nitrogens with one attached hydrogen (secondary N) is 1. The van der Waals surface area contributed by atoms with E-state index in [-0.39, 0.29) is 0 Å². The van der Waals surface area contributed by atoms with E-state index in [1.807, 2.05) is 18.8 Å². The highest BCUT2D eigenvalue weighted by Gasteiger charge is 2.09. The minimum Gasteiger partial charge on any atom is -0.319 e. The summed E-state index contributed by atoms with van der Waals surface area (Å²) in [4.78, 5) is 1.37. The molecule has 0 saturated heterocycles. The van der Waals surface area contributed by atoms with Crippen LogP contribution in [0.3, 0.4) is 0 Å². The monoisotopic (exact) mass is 363 g/mol. The summed E-state index contributed by atoms with van der Waals surface area (Å²) < 4.78 is 1.15. The third-order valence-corrected chi connectivity index (χ3v) is 5.04. The molecular formula is C18H22BrNS. The van der Waals surface area contributed by atoms with E-state index in [2.05, 4.69) is 75.8 Å². The van der Waals surface area contributed by atoms with Crippen molar-refractivity contribution in [3.8, 4) is 0 Å². The second-order valence-corrected chi connectivity index (χ2v) is 7.29. The zero-order chi connectivity index (χ0) is 14.9. The van der Waals surface area contributed by atoms with Gasteiger partial charge >= 0.3 is 0 Å². The van der Waals surface area contributed by atoms with E-state index in [1.165, 1.54) is 22.6 Å².